The van der Waals surface area contributed by atoms with Crippen LogP contribution in [-0.2, 0) is 12.8 Å². The summed E-state index contributed by atoms with van der Waals surface area (Å²) >= 11 is 0. The van der Waals surface area contributed by atoms with Gasteiger partial charge in [-0.25, -0.2) is 0 Å². The van der Waals surface area contributed by atoms with E-state index in [-0.39, 0.29) is 5.84 Å². The molecule has 0 unspecified atom stereocenters. The normalized spacial score (nSPS) is 15.2. The molecular weight excluding hydrogens is 228 g/mol. The van der Waals surface area contributed by atoms with Gasteiger partial charge in [0.1, 0.15) is 11.6 Å². The van der Waals surface area contributed by atoms with Crippen LogP contribution in [0.1, 0.15) is 36.8 Å². The molecule has 18 heavy (non-hydrogen) atoms. The Morgan fingerprint density at radius 3 is 2.83 bits per heavy atom. The average Bonchev–Trinajstić information content (AvgIpc) is 2.43. The highest BCUT2D eigenvalue weighted by molar-refractivity contribution is 5.79. The second kappa shape index (κ2) is 6.28. The van der Waals surface area contributed by atoms with E-state index in [0.717, 1.165) is 18.6 Å². The van der Waals surface area contributed by atoms with Gasteiger partial charge in [-0.15, -0.1) is 0 Å². The molecule has 4 heteroatoms. The van der Waals surface area contributed by atoms with Crippen LogP contribution in [0.15, 0.2) is 23.4 Å². The number of hydrogen-bond donors (Lipinski definition) is 2. The van der Waals surface area contributed by atoms with Gasteiger partial charge in [-0.2, -0.15) is 0 Å². The quantitative estimate of drug-likeness (QED) is 0.276. The van der Waals surface area contributed by atoms with Crippen molar-refractivity contribution in [1.82, 2.24) is 0 Å². The molecule has 0 radical (unpaired) electrons. The van der Waals surface area contributed by atoms with Crippen molar-refractivity contribution in [1.29, 1.82) is 0 Å². The van der Waals surface area contributed by atoms with Gasteiger partial charge in [0.25, 0.3) is 0 Å². The fourth-order valence-corrected chi connectivity index (χ4v) is 2.29. The van der Waals surface area contributed by atoms with Gasteiger partial charge in [0, 0.05) is 6.42 Å². The number of ether oxygens (including phenoxy) is 1. The number of amidine groups is 1. The number of nitrogens with two attached hydrogens (primary N) is 1. The Kier molecular flexibility index (Phi) is 4.45. The minimum atomic E-state index is 0.254. The maximum atomic E-state index is 8.41. The lowest BCUT2D eigenvalue weighted by Crippen LogP contribution is -2.13. The number of rotatable bonds is 5. The number of oxime groups is 1. The topological polar surface area (TPSA) is 67.8 Å². The molecule has 98 valence electrons. The number of aryl methyl sites for hydroxylation is 2. The van der Waals surface area contributed by atoms with Gasteiger partial charge in [-0.05, 0) is 55.4 Å². The first-order valence-electron chi connectivity index (χ1n) is 6.50. The van der Waals surface area contributed by atoms with Gasteiger partial charge in [0.05, 0.1) is 6.61 Å². The van der Waals surface area contributed by atoms with Gasteiger partial charge in [0.15, 0.2) is 0 Å². The first-order valence-corrected chi connectivity index (χ1v) is 6.50. The number of nitrogens with zero attached hydrogens (tertiary/aromatic N) is 1. The molecule has 1 aliphatic rings. The van der Waals surface area contributed by atoms with Crippen molar-refractivity contribution in [3.63, 3.8) is 0 Å². The summed E-state index contributed by atoms with van der Waals surface area (Å²) in [6.07, 6.45) is 6.25. The lowest BCUT2D eigenvalue weighted by molar-refractivity contribution is 0.305. The smallest absolute Gasteiger partial charge is 0.139 e. The lowest BCUT2D eigenvalue weighted by Gasteiger charge is -2.16. The van der Waals surface area contributed by atoms with Crippen LogP contribution >= 0.6 is 0 Å². The summed E-state index contributed by atoms with van der Waals surface area (Å²) in [5, 5.41) is 11.3. The van der Waals surface area contributed by atoms with Crippen LogP contribution in [0.3, 0.4) is 0 Å². The summed E-state index contributed by atoms with van der Waals surface area (Å²) in [6.45, 7) is 0.592. The zero-order valence-corrected chi connectivity index (χ0v) is 10.6. The summed E-state index contributed by atoms with van der Waals surface area (Å²) in [5.74, 6) is 1.18. The Labute approximate surface area is 107 Å². The van der Waals surface area contributed by atoms with Gasteiger partial charge >= 0.3 is 0 Å². The Morgan fingerprint density at radius 2 is 2.06 bits per heavy atom. The second-order valence-corrected chi connectivity index (χ2v) is 4.68. The highest BCUT2D eigenvalue weighted by atomic mass is 16.5. The summed E-state index contributed by atoms with van der Waals surface area (Å²) < 4.78 is 5.67. The molecule has 0 bridgehead atoms. The summed E-state index contributed by atoms with van der Waals surface area (Å²) in [6, 6.07) is 6.36. The van der Waals surface area contributed by atoms with Crippen LogP contribution in [0.25, 0.3) is 0 Å². The Bertz CT molecular complexity index is 430. The van der Waals surface area contributed by atoms with Crippen LogP contribution in [0.2, 0.25) is 0 Å². The third-order valence-corrected chi connectivity index (χ3v) is 3.29. The van der Waals surface area contributed by atoms with Gasteiger partial charge in [-0.1, -0.05) is 11.2 Å². The Hall–Kier alpha value is -1.71. The molecular formula is C14H20N2O2. The molecule has 0 atom stereocenters. The fourth-order valence-electron chi connectivity index (χ4n) is 2.29. The van der Waals surface area contributed by atoms with E-state index < -0.39 is 0 Å². The molecule has 1 aliphatic carbocycles. The Morgan fingerprint density at radius 1 is 1.28 bits per heavy atom. The predicted octanol–water partition coefficient (Wildman–Crippen LogP) is 2.47. The van der Waals surface area contributed by atoms with E-state index >= 15 is 0 Å². The molecule has 0 fully saturated rings. The standard InChI is InChI=1S/C14H20N2O2/c15-14(16-17)6-3-9-18-13-8-7-11-4-1-2-5-12(11)10-13/h7-8,10,17H,1-6,9H2,(H2,15,16). The number of benzene rings is 1. The maximum absolute atomic E-state index is 8.41. The highest BCUT2D eigenvalue weighted by Crippen LogP contribution is 2.25. The van der Waals surface area contributed by atoms with Crippen LogP contribution < -0.4 is 10.5 Å². The highest BCUT2D eigenvalue weighted by Gasteiger charge is 2.09. The van der Waals surface area contributed by atoms with Crippen LogP contribution in [0, 0.1) is 0 Å². The molecule has 0 spiro atoms. The van der Waals surface area contributed by atoms with Crippen molar-refractivity contribution in [3.05, 3.63) is 29.3 Å². The molecule has 0 amide bonds. The zero-order chi connectivity index (χ0) is 12.8. The molecule has 4 nitrogen and oxygen atoms in total. The molecule has 1 aromatic rings. The zero-order valence-electron chi connectivity index (χ0n) is 10.6. The van der Waals surface area contributed by atoms with E-state index in [9.17, 15) is 0 Å². The summed E-state index contributed by atoms with van der Waals surface area (Å²) in [7, 11) is 0. The summed E-state index contributed by atoms with van der Waals surface area (Å²) in [5.41, 5.74) is 8.28. The van der Waals surface area contributed by atoms with E-state index in [1.54, 1.807) is 0 Å². The first kappa shape index (κ1) is 12.7. The van der Waals surface area contributed by atoms with E-state index in [4.69, 9.17) is 15.7 Å². The largest absolute Gasteiger partial charge is 0.494 e. The predicted molar refractivity (Wildman–Crippen MR) is 71.2 cm³/mol. The van der Waals surface area contributed by atoms with E-state index in [2.05, 4.69) is 17.3 Å². The molecule has 0 heterocycles. The monoisotopic (exact) mass is 248 g/mol. The van der Waals surface area contributed by atoms with E-state index in [1.165, 1.54) is 30.4 Å². The average molecular weight is 248 g/mol. The molecule has 0 saturated heterocycles. The van der Waals surface area contributed by atoms with Crippen molar-refractivity contribution in [3.8, 4) is 5.75 Å². The first-order chi connectivity index (χ1) is 8.79. The third-order valence-electron chi connectivity index (χ3n) is 3.29. The van der Waals surface area contributed by atoms with Crippen LogP contribution in [0.4, 0.5) is 0 Å². The molecule has 2 rings (SSSR count). The number of fused-ring (bicyclic) bond motifs is 1. The van der Waals surface area contributed by atoms with Crippen LogP contribution in [-0.4, -0.2) is 17.6 Å². The number of hydrogen-bond acceptors (Lipinski definition) is 3. The molecule has 0 saturated carbocycles. The SMILES string of the molecule is N/C(CCCOc1ccc2c(c1)CCCC2)=N/O. The second-order valence-electron chi connectivity index (χ2n) is 4.68. The minimum Gasteiger partial charge on any atom is -0.494 e. The van der Waals surface area contributed by atoms with Gasteiger partial charge in [0.2, 0.25) is 0 Å². The fraction of sp³-hybridized carbons (Fsp3) is 0.500. The molecule has 0 aromatic heterocycles. The maximum Gasteiger partial charge on any atom is 0.139 e. The van der Waals surface area contributed by atoms with Crippen molar-refractivity contribution >= 4 is 5.84 Å². The van der Waals surface area contributed by atoms with Crippen molar-refractivity contribution in [2.45, 2.75) is 38.5 Å². The van der Waals surface area contributed by atoms with E-state index in [1.807, 2.05) is 6.07 Å². The van der Waals surface area contributed by atoms with Gasteiger partial charge in [-0.3, -0.25) is 0 Å². The Balaban J connectivity index is 1.83. The lowest BCUT2D eigenvalue weighted by atomic mass is 9.92. The van der Waals surface area contributed by atoms with Crippen molar-refractivity contribution in [2.24, 2.45) is 10.9 Å². The summed E-state index contributed by atoms with van der Waals surface area (Å²) in [4.78, 5) is 0. The third kappa shape index (κ3) is 3.39. The molecule has 0 aliphatic heterocycles. The molecule has 1 aromatic carbocycles. The minimum absolute atomic E-state index is 0.254. The van der Waals surface area contributed by atoms with Gasteiger partial charge < -0.3 is 15.7 Å². The van der Waals surface area contributed by atoms with E-state index in [0.29, 0.717) is 13.0 Å². The van der Waals surface area contributed by atoms with Crippen molar-refractivity contribution < 1.29 is 9.94 Å². The van der Waals surface area contributed by atoms with Crippen LogP contribution in [0.5, 0.6) is 5.75 Å². The molecule has 3 N–H and O–H groups in total. The van der Waals surface area contributed by atoms with Crippen molar-refractivity contribution in [2.75, 3.05) is 6.61 Å².